The number of nitrogens with zero attached hydrogens (tertiary/aromatic N) is 4. The Bertz CT molecular complexity index is 558. The van der Waals surface area contributed by atoms with E-state index in [1.807, 2.05) is 17.5 Å². The normalized spacial score (nSPS) is 16.0. The molecule has 1 aliphatic rings. The fourth-order valence-electron chi connectivity index (χ4n) is 2.74. The van der Waals surface area contributed by atoms with Crippen molar-refractivity contribution in [2.45, 2.75) is 51.6 Å². The lowest BCUT2D eigenvalue weighted by Gasteiger charge is -2.23. The van der Waals surface area contributed by atoms with Gasteiger partial charge in [-0.25, -0.2) is 4.98 Å². The molecule has 5 heteroatoms. The molecule has 0 aliphatic heterocycles. The fourth-order valence-corrected chi connectivity index (χ4v) is 3.96. The van der Waals surface area contributed by atoms with E-state index < -0.39 is 0 Å². The molecule has 0 saturated heterocycles. The van der Waals surface area contributed by atoms with E-state index in [1.54, 1.807) is 12.4 Å². The molecule has 2 aromatic heterocycles. The molecule has 2 aromatic rings. The van der Waals surface area contributed by atoms with Crippen LogP contribution in [0.3, 0.4) is 0 Å². The van der Waals surface area contributed by atoms with Crippen molar-refractivity contribution in [2.24, 2.45) is 0 Å². The van der Waals surface area contributed by atoms with Crippen LogP contribution in [0.25, 0.3) is 0 Å². The van der Waals surface area contributed by atoms with E-state index in [4.69, 9.17) is 4.98 Å². The number of fused-ring (bicyclic) bond motifs is 1. The number of aryl methyl sites for hydroxylation is 2. The molecule has 0 saturated carbocycles. The maximum atomic E-state index is 4.83. The standard InChI is InChI=1S/C16H22N4S/c1-12(9-13-10-17-7-8-18-13)20(2)11-16-19-14-5-3-4-6-15(14)21-16/h7-8,10,12H,3-6,9,11H2,1-2H3/t12-/m1/s1. The minimum Gasteiger partial charge on any atom is -0.297 e. The Labute approximate surface area is 130 Å². The van der Waals surface area contributed by atoms with Crippen molar-refractivity contribution in [3.8, 4) is 0 Å². The Hall–Kier alpha value is -1.33. The van der Waals surface area contributed by atoms with Gasteiger partial charge in [-0.2, -0.15) is 0 Å². The summed E-state index contributed by atoms with van der Waals surface area (Å²) in [6.07, 6.45) is 11.3. The second kappa shape index (κ2) is 6.62. The Morgan fingerprint density at radius 2 is 2.14 bits per heavy atom. The van der Waals surface area contributed by atoms with Gasteiger partial charge in [-0.15, -0.1) is 11.3 Å². The number of likely N-dealkylation sites (N-methyl/N-ethyl adjacent to an activating group) is 1. The Morgan fingerprint density at radius 3 is 2.90 bits per heavy atom. The van der Waals surface area contributed by atoms with Crippen LogP contribution in [-0.4, -0.2) is 32.9 Å². The van der Waals surface area contributed by atoms with E-state index in [-0.39, 0.29) is 0 Å². The quantitative estimate of drug-likeness (QED) is 0.851. The topological polar surface area (TPSA) is 41.9 Å². The van der Waals surface area contributed by atoms with Gasteiger partial charge in [0, 0.05) is 35.9 Å². The number of aromatic nitrogens is 3. The molecule has 4 nitrogen and oxygen atoms in total. The van der Waals surface area contributed by atoms with E-state index >= 15 is 0 Å². The molecule has 0 N–H and O–H groups in total. The zero-order valence-electron chi connectivity index (χ0n) is 12.7. The molecule has 2 heterocycles. The fraction of sp³-hybridized carbons (Fsp3) is 0.562. The minimum absolute atomic E-state index is 0.433. The van der Waals surface area contributed by atoms with Gasteiger partial charge >= 0.3 is 0 Å². The minimum atomic E-state index is 0.433. The number of hydrogen-bond acceptors (Lipinski definition) is 5. The van der Waals surface area contributed by atoms with Gasteiger partial charge in [0.05, 0.1) is 17.9 Å². The zero-order chi connectivity index (χ0) is 14.7. The predicted molar refractivity (Wildman–Crippen MR) is 85.4 cm³/mol. The molecular formula is C16H22N4S. The molecule has 1 atom stereocenters. The third-order valence-electron chi connectivity index (χ3n) is 4.15. The van der Waals surface area contributed by atoms with E-state index in [0.717, 1.165) is 18.7 Å². The van der Waals surface area contributed by atoms with Crippen LogP contribution < -0.4 is 0 Å². The van der Waals surface area contributed by atoms with E-state index in [0.29, 0.717) is 6.04 Å². The molecule has 0 radical (unpaired) electrons. The summed E-state index contributed by atoms with van der Waals surface area (Å²) in [6.45, 7) is 3.17. The summed E-state index contributed by atoms with van der Waals surface area (Å²) in [5.74, 6) is 0. The molecule has 0 unspecified atom stereocenters. The Morgan fingerprint density at radius 1 is 1.29 bits per heavy atom. The highest BCUT2D eigenvalue weighted by atomic mass is 32.1. The molecule has 0 aromatic carbocycles. The van der Waals surface area contributed by atoms with E-state index in [9.17, 15) is 0 Å². The molecule has 3 rings (SSSR count). The van der Waals surface area contributed by atoms with Crippen molar-refractivity contribution < 1.29 is 0 Å². The van der Waals surface area contributed by atoms with Crippen LogP contribution in [0.5, 0.6) is 0 Å². The van der Waals surface area contributed by atoms with Crippen LogP contribution >= 0.6 is 11.3 Å². The maximum Gasteiger partial charge on any atom is 0.107 e. The summed E-state index contributed by atoms with van der Waals surface area (Å²) in [5, 5.41) is 1.26. The highest BCUT2D eigenvalue weighted by Crippen LogP contribution is 2.27. The summed E-state index contributed by atoms with van der Waals surface area (Å²) in [4.78, 5) is 17.2. The van der Waals surface area contributed by atoms with Gasteiger partial charge < -0.3 is 0 Å². The van der Waals surface area contributed by atoms with Crippen LogP contribution in [0.15, 0.2) is 18.6 Å². The van der Waals surface area contributed by atoms with Gasteiger partial charge in [0.1, 0.15) is 5.01 Å². The average Bonchev–Trinajstić information content (AvgIpc) is 2.90. The lowest BCUT2D eigenvalue weighted by Crippen LogP contribution is -2.30. The summed E-state index contributed by atoms with van der Waals surface area (Å²) >= 11 is 1.91. The zero-order valence-corrected chi connectivity index (χ0v) is 13.6. The van der Waals surface area contributed by atoms with Crippen LogP contribution in [0.4, 0.5) is 0 Å². The van der Waals surface area contributed by atoms with Crippen molar-refractivity contribution >= 4 is 11.3 Å². The molecule has 112 valence electrons. The summed E-state index contributed by atoms with van der Waals surface area (Å²) in [6, 6.07) is 0.433. The number of thiazole rings is 1. The van der Waals surface area contributed by atoms with Crippen molar-refractivity contribution in [3.05, 3.63) is 39.9 Å². The van der Waals surface area contributed by atoms with Gasteiger partial charge in [0.15, 0.2) is 0 Å². The van der Waals surface area contributed by atoms with E-state index in [2.05, 4.69) is 28.8 Å². The molecule has 0 spiro atoms. The van der Waals surface area contributed by atoms with Crippen LogP contribution in [0, 0.1) is 0 Å². The second-order valence-electron chi connectivity index (χ2n) is 5.85. The predicted octanol–water partition coefficient (Wildman–Crippen LogP) is 2.87. The highest BCUT2D eigenvalue weighted by Gasteiger charge is 2.18. The van der Waals surface area contributed by atoms with Gasteiger partial charge in [0.2, 0.25) is 0 Å². The van der Waals surface area contributed by atoms with Gasteiger partial charge in [-0.05, 0) is 39.7 Å². The smallest absolute Gasteiger partial charge is 0.107 e. The SMILES string of the molecule is C[C@H](Cc1cnccn1)N(C)Cc1nc2c(s1)CCCC2. The van der Waals surface area contributed by atoms with Gasteiger partial charge in [0.25, 0.3) is 0 Å². The van der Waals surface area contributed by atoms with Crippen molar-refractivity contribution in [1.29, 1.82) is 0 Å². The van der Waals surface area contributed by atoms with Gasteiger partial charge in [-0.3, -0.25) is 14.9 Å². The molecule has 0 bridgehead atoms. The molecule has 0 fully saturated rings. The first-order valence-electron chi connectivity index (χ1n) is 7.65. The van der Waals surface area contributed by atoms with Crippen molar-refractivity contribution in [3.63, 3.8) is 0 Å². The summed E-state index contributed by atoms with van der Waals surface area (Å²) in [5.41, 5.74) is 2.41. The first-order valence-corrected chi connectivity index (χ1v) is 8.46. The monoisotopic (exact) mass is 302 g/mol. The van der Waals surface area contributed by atoms with Crippen LogP contribution in [0.2, 0.25) is 0 Å². The molecule has 0 amide bonds. The summed E-state index contributed by atoms with van der Waals surface area (Å²) < 4.78 is 0. The van der Waals surface area contributed by atoms with Crippen molar-refractivity contribution in [1.82, 2.24) is 19.9 Å². The third kappa shape index (κ3) is 3.66. The highest BCUT2D eigenvalue weighted by molar-refractivity contribution is 7.11. The Balaban J connectivity index is 1.60. The largest absolute Gasteiger partial charge is 0.297 e. The second-order valence-corrected chi connectivity index (χ2v) is 7.02. The maximum absolute atomic E-state index is 4.83. The summed E-state index contributed by atoms with van der Waals surface area (Å²) in [7, 11) is 2.17. The molecule has 21 heavy (non-hydrogen) atoms. The Kier molecular flexibility index (Phi) is 4.60. The average molecular weight is 302 g/mol. The van der Waals surface area contributed by atoms with Crippen LogP contribution in [-0.2, 0) is 25.8 Å². The lowest BCUT2D eigenvalue weighted by molar-refractivity contribution is 0.246. The first kappa shape index (κ1) is 14.6. The molecular weight excluding hydrogens is 280 g/mol. The van der Waals surface area contributed by atoms with Gasteiger partial charge in [-0.1, -0.05) is 0 Å². The van der Waals surface area contributed by atoms with Crippen LogP contribution in [0.1, 0.15) is 41.0 Å². The lowest BCUT2D eigenvalue weighted by atomic mass is 10.0. The van der Waals surface area contributed by atoms with Crippen molar-refractivity contribution in [2.75, 3.05) is 7.05 Å². The van der Waals surface area contributed by atoms with E-state index in [1.165, 1.54) is 41.3 Å². The molecule has 1 aliphatic carbocycles. The number of rotatable bonds is 5. The third-order valence-corrected chi connectivity index (χ3v) is 5.29. The number of hydrogen-bond donors (Lipinski definition) is 0. The first-order chi connectivity index (χ1) is 10.2.